The first kappa shape index (κ1) is 18.6. The molecule has 6 nitrogen and oxygen atoms in total. The van der Waals surface area contributed by atoms with Crippen molar-refractivity contribution in [2.75, 3.05) is 5.32 Å². The Bertz CT molecular complexity index is 894. The maximum Gasteiger partial charge on any atom is 0.248 e. The van der Waals surface area contributed by atoms with Crippen molar-refractivity contribution in [2.24, 2.45) is 11.1 Å². The molecule has 1 amide bonds. The Labute approximate surface area is 159 Å². The van der Waals surface area contributed by atoms with E-state index in [1.54, 1.807) is 12.1 Å². The van der Waals surface area contributed by atoms with Gasteiger partial charge >= 0.3 is 0 Å². The van der Waals surface area contributed by atoms with Crippen molar-refractivity contribution < 1.29 is 4.79 Å². The molecule has 0 spiro atoms. The normalized spacial score (nSPS) is 12.6. The van der Waals surface area contributed by atoms with Gasteiger partial charge in [0.2, 0.25) is 5.91 Å². The Morgan fingerprint density at radius 3 is 2.37 bits per heavy atom. The summed E-state index contributed by atoms with van der Waals surface area (Å²) in [5.74, 6) is -0.432. The van der Waals surface area contributed by atoms with E-state index in [0.717, 1.165) is 11.4 Å². The smallest absolute Gasteiger partial charge is 0.248 e. The average molecular weight is 363 g/mol. The van der Waals surface area contributed by atoms with Gasteiger partial charge in [-0.1, -0.05) is 56.3 Å². The standard InChI is InChI=1S/C21H25N5O/c1-21(2,3)19(15-7-5-4-6-8-15)26-14-18(24-25-26)13-23-17-11-9-16(10-12-17)20(22)27/h4-12,14,19,23H,13H2,1-3H3,(H2,22,27). The number of benzene rings is 2. The number of primary amides is 1. The maximum atomic E-state index is 11.1. The van der Waals surface area contributed by atoms with E-state index in [9.17, 15) is 4.79 Å². The van der Waals surface area contributed by atoms with Crippen LogP contribution < -0.4 is 11.1 Å². The number of carbonyl (C=O) groups excluding carboxylic acids is 1. The number of aromatic nitrogens is 3. The van der Waals surface area contributed by atoms with E-state index >= 15 is 0 Å². The molecule has 140 valence electrons. The quantitative estimate of drug-likeness (QED) is 0.700. The van der Waals surface area contributed by atoms with E-state index in [4.69, 9.17) is 5.73 Å². The van der Waals surface area contributed by atoms with Crippen LogP contribution in [0.5, 0.6) is 0 Å². The molecular formula is C21H25N5O. The van der Waals surface area contributed by atoms with Crippen LogP contribution in [-0.4, -0.2) is 20.9 Å². The highest BCUT2D eigenvalue weighted by Crippen LogP contribution is 2.35. The summed E-state index contributed by atoms with van der Waals surface area (Å²) in [5.41, 5.74) is 8.69. The lowest BCUT2D eigenvalue weighted by atomic mass is 9.82. The van der Waals surface area contributed by atoms with Crippen LogP contribution in [0.4, 0.5) is 5.69 Å². The molecule has 0 aliphatic heterocycles. The molecule has 0 radical (unpaired) electrons. The second-order valence-electron chi connectivity index (χ2n) is 7.66. The van der Waals surface area contributed by atoms with Crippen LogP contribution in [0.25, 0.3) is 0 Å². The second-order valence-corrected chi connectivity index (χ2v) is 7.66. The predicted octanol–water partition coefficient (Wildman–Crippen LogP) is 3.62. The molecule has 1 aromatic heterocycles. The average Bonchev–Trinajstić information content (AvgIpc) is 3.08. The van der Waals surface area contributed by atoms with Crippen molar-refractivity contribution >= 4 is 11.6 Å². The minimum atomic E-state index is -0.432. The summed E-state index contributed by atoms with van der Waals surface area (Å²) >= 11 is 0. The monoisotopic (exact) mass is 363 g/mol. The molecule has 0 fully saturated rings. The van der Waals surface area contributed by atoms with E-state index in [1.165, 1.54) is 5.56 Å². The summed E-state index contributed by atoms with van der Waals surface area (Å²) < 4.78 is 1.93. The zero-order valence-electron chi connectivity index (χ0n) is 15.9. The molecule has 0 bridgehead atoms. The van der Waals surface area contributed by atoms with E-state index in [-0.39, 0.29) is 11.5 Å². The summed E-state index contributed by atoms with van der Waals surface area (Å²) in [5, 5.41) is 12.0. The summed E-state index contributed by atoms with van der Waals surface area (Å²) in [4.78, 5) is 11.1. The molecule has 0 saturated carbocycles. The highest BCUT2D eigenvalue weighted by Gasteiger charge is 2.29. The fraction of sp³-hybridized carbons (Fsp3) is 0.286. The van der Waals surface area contributed by atoms with Crippen LogP contribution in [0.1, 0.15) is 48.4 Å². The summed E-state index contributed by atoms with van der Waals surface area (Å²) in [6.45, 7) is 7.14. The maximum absolute atomic E-state index is 11.1. The van der Waals surface area contributed by atoms with Crippen molar-refractivity contribution in [1.29, 1.82) is 0 Å². The van der Waals surface area contributed by atoms with Crippen LogP contribution >= 0.6 is 0 Å². The second kappa shape index (κ2) is 7.61. The highest BCUT2D eigenvalue weighted by molar-refractivity contribution is 5.93. The minimum Gasteiger partial charge on any atom is -0.379 e. The molecule has 0 aliphatic rings. The lowest BCUT2D eigenvalue weighted by Gasteiger charge is -2.30. The van der Waals surface area contributed by atoms with Gasteiger partial charge in [-0.05, 0) is 35.2 Å². The number of nitrogens with one attached hydrogen (secondary N) is 1. The van der Waals surface area contributed by atoms with E-state index < -0.39 is 5.91 Å². The minimum absolute atomic E-state index is 0.00958. The molecule has 6 heteroatoms. The zero-order valence-corrected chi connectivity index (χ0v) is 15.9. The third kappa shape index (κ3) is 4.53. The molecule has 1 atom stereocenters. The Hall–Kier alpha value is -3.15. The molecule has 1 heterocycles. The van der Waals surface area contributed by atoms with Gasteiger partial charge in [0.25, 0.3) is 0 Å². The first-order valence-electron chi connectivity index (χ1n) is 8.94. The van der Waals surface area contributed by atoms with Gasteiger partial charge in [-0.15, -0.1) is 5.10 Å². The fourth-order valence-corrected chi connectivity index (χ4v) is 3.15. The first-order chi connectivity index (χ1) is 12.8. The van der Waals surface area contributed by atoms with Gasteiger partial charge in [0, 0.05) is 11.3 Å². The van der Waals surface area contributed by atoms with Gasteiger partial charge in [-0.25, -0.2) is 4.68 Å². The lowest BCUT2D eigenvalue weighted by molar-refractivity contribution is 0.100. The molecule has 0 aliphatic carbocycles. The number of rotatable bonds is 6. The third-order valence-corrected chi connectivity index (χ3v) is 4.40. The van der Waals surface area contributed by atoms with Gasteiger partial charge in [0.15, 0.2) is 0 Å². The predicted molar refractivity (Wildman–Crippen MR) is 106 cm³/mol. The van der Waals surface area contributed by atoms with Crippen molar-refractivity contribution in [2.45, 2.75) is 33.4 Å². The Balaban J connectivity index is 1.74. The van der Waals surface area contributed by atoms with Crippen LogP contribution in [-0.2, 0) is 6.54 Å². The SMILES string of the molecule is CC(C)(C)C(c1ccccc1)n1cc(CNc2ccc(C(N)=O)cc2)nn1. The van der Waals surface area contributed by atoms with E-state index in [2.05, 4.69) is 48.5 Å². The molecule has 27 heavy (non-hydrogen) atoms. The van der Waals surface area contributed by atoms with E-state index in [0.29, 0.717) is 12.1 Å². The van der Waals surface area contributed by atoms with Gasteiger partial charge in [-0.2, -0.15) is 0 Å². The van der Waals surface area contributed by atoms with Crippen molar-refractivity contribution in [3.63, 3.8) is 0 Å². The summed E-state index contributed by atoms with van der Waals surface area (Å²) in [7, 11) is 0. The van der Waals surface area contributed by atoms with Gasteiger partial charge in [0.05, 0.1) is 18.8 Å². The van der Waals surface area contributed by atoms with Gasteiger partial charge in [0.1, 0.15) is 5.69 Å². The molecule has 2 aromatic carbocycles. The third-order valence-electron chi connectivity index (χ3n) is 4.40. The topological polar surface area (TPSA) is 85.8 Å². The number of carbonyl (C=O) groups is 1. The lowest BCUT2D eigenvalue weighted by Crippen LogP contribution is -2.26. The van der Waals surface area contributed by atoms with E-state index in [1.807, 2.05) is 41.2 Å². The Kier molecular flexibility index (Phi) is 5.26. The van der Waals surface area contributed by atoms with Crippen LogP contribution in [0.2, 0.25) is 0 Å². The van der Waals surface area contributed by atoms with Gasteiger partial charge < -0.3 is 11.1 Å². The van der Waals surface area contributed by atoms with Crippen molar-refractivity contribution in [3.8, 4) is 0 Å². The molecule has 3 aromatic rings. The number of nitrogens with zero attached hydrogens (tertiary/aromatic N) is 3. The summed E-state index contributed by atoms with van der Waals surface area (Å²) in [6, 6.07) is 17.5. The molecular weight excluding hydrogens is 338 g/mol. The molecule has 3 N–H and O–H groups in total. The Morgan fingerprint density at radius 2 is 1.78 bits per heavy atom. The largest absolute Gasteiger partial charge is 0.379 e. The zero-order chi connectivity index (χ0) is 19.4. The Morgan fingerprint density at radius 1 is 1.11 bits per heavy atom. The van der Waals surface area contributed by atoms with Crippen LogP contribution in [0.15, 0.2) is 60.8 Å². The molecule has 0 saturated heterocycles. The number of hydrogen-bond donors (Lipinski definition) is 2. The van der Waals surface area contributed by atoms with Crippen LogP contribution in [0, 0.1) is 5.41 Å². The molecule has 3 rings (SSSR count). The number of nitrogens with two attached hydrogens (primary N) is 1. The van der Waals surface area contributed by atoms with Gasteiger partial charge in [-0.3, -0.25) is 4.79 Å². The number of hydrogen-bond acceptors (Lipinski definition) is 4. The van der Waals surface area contributed by atoms with Crippen molar-refractivity contribution in [3.05, 3.63) is 77.6 Å². The summed E-state index contributed by atoms with van der Waals surface area (Å²) in [6.07, 6.45) is 1.98. The fourth-order valence-electron chi connectivity index (χ4n) is 3.15. The first-order valence-corrected chi connectivity index (χ1v) is 8.94. The number of amides is 1. The molecule has 1 unspecified atom stereocenters. The highest BCUT2D eigenvalue weighted by atomic mass is 16.1. The number of anilines is 1. The van der Waals surface area contributed by atoms with Crippen molar-refractivity contribution in [1.82, 2.24) is 15.0 Å². The van der Waals surface area contributed by atoms with Crippen LogP contribution in [0.3, 0.4) is 0 Å².